The van der Waals surface area contributed by atoms with Crippen LogP contribution in [0.25, 0.3) is 0 Å². The van der Waals surface area contributed by atoms with E-state index >= 15 is 0 Å². The molecule has 1 aliphatic carbocycles. The first-order chi connectivity index (χ1) is 10.6. The van der Waals surface area contributed by atoms with Gasteiger partial charge in [-0.1, -0.05) is 32.0 Å². The van der Waals surface area contributed by atoms with Crippen LogP contribution in [0.1, 0.15) is 26.3 Å². The molecule has 1 aromatic carbocycles. The van der Waals surface area contributed by atoms with Crippen molar-refractivity contribution >= 4 is 17.6 Å². The summed E-state index contributed by atoms with van der Waals surface area (Å²) >= 11 is 0. The smallest absolute Gasteiger partial charge is 0.336 e. The Morgan fingerprint density at radius 3 is 2.22 bits per heavy atom. The van der Waals surface area contributed by atoms with Crippen LogP contribution in [0.5, 0.6) is 0 Å². The molecule has 0 saturated heterocycles. The molecule has 2 N–H and O–H groups in total. The van der Waals surface area contributed by atoms with E-state index in [0.717, 1.165) is 16.9 Å². The number of carboxylic acid groups (broad SMARTS) is 2. The number of hydrogen-bond donors (Lipinski definition) is 2. The standard InChI is InChI=1S/C18H19NO4/c1-17(2)14(16(22)23)10(15(20)21)9-13-18(17,3)11-7-5-6-8-12(11)19(13)4/h5-9H,1-4H3,(H,20,21)(H,22,23). The van der Waals surface area contributed by atoms with Crippen LogP contribution in [0, 0.1) is 5.41 Å². The van der Waals surface area contributed by atoms with E-state index in [1.165, 1.54) is 6.08 Å². The summed E-state index contributed by atoms with van der Waals surface area (Å²) in [5.74, 6) is -2.40. The summed E-state index contributed by atoms with van der Waals surface area (Å²) in [6, 6.07) is 7.80. The fraction of sp³-hybridized carbons (Fsp3) is 0.333. The fourth-order valence-electron chi connectivity index (χ4n) is 4.04. The van der Waals surface area contributed by atoms with Gasteiger partial charge in [0.2, 0.25) is 0 Å². The third-order valence-corrected chi connectivity index (χ3v) is 5.55. The van der Waals surface area contributed by atoms with Crippen LogP contribution in [0.4, 0.5) is 5.69 Å². The zero-order chi connectivity index (χ0) is 17.2. The number of benzene rings is 1. The van der Waals surface area contributed by atoms with Gasteiger partial charge in [-0.25, -0.2) is 9.59 Å². The van der Waals surface area contributed by atoms with Crippen LogP contribution in [0.2, 0.25) is 0 Å². The molecule has 120 valence electrons. The van der Waals surface area contributed by atoms with Gasteiger partial charge in [-0.15, -0.1) is 0 Å². The first kappa shape index (κ1) is 15.3. The molecule has 23 heavy (non-hydrogen) atoms. The van der Waals surface area contributed by atoms with Gasteiger partial charge >= 0.3 is 11.9 Å². The van der Waals surface area contributed by atoms with Crippen LogP contribution < -0.4 is 4.90 Å². The van der Waals surface area contributed by atoms with Gasteiger partial charge in [-0.3, -0.25) is 0 Å². The largest absolute Gasteiger partial charge is 0.478 e. The minimum absolute atomic E-state index is 0.0543. The van der Waals surface area contributed by atoms with Gasteiger partial charge in [0, 0.05) is 29.3 Å². The van der Waals surface area contributed by atoms with Crippen molar-refractivity contribution < 1.29 is 19.8 Å². The molecule has 1 aliphatic heterocycles. The van der Waals surface area contributed by atoms with Crippen LogP contribution in [-0.4, -0.2) is 29.2 Å². The van der Waals surface area contributed by atoms with Crippen LogP contribution in [0.15, 0.2) is 47.2 Å². The molecule has 0 saturated carbocycles. The Kier molecular flexibility index (Phi) is 2.98. The van der Waals surface area contributed by atoms with Gasteiger partial charge < -0.3 is 15.1 Å². The average molecular weight is 313 g/mol. The average Bonchev–Trinajstić information content (AvgIpc) is 2.69. The predicted octanol–water partition coefficient (Wildman–Crippen LogP) is 2.78. The van der Waals surface area contributed by atoms with Crippen LogP contribution >= 0.6 is 0 Å². The van der Waals surface area contributed by atoms with Crippen molar-refractivity contribution in [3.63, 3.8) is 0 Å². The van der Waals surface area contributed by atoms with Crippen molar-refractivity contribution in [1.29, 1.82) is 0 Å². The highest BCUT2D eigenvalue weighted by molar-refractivity contribution is 6.04. The lowest BCUT2D eigenvalue weighted by Crippen LogP contribution is -2.47. The lowest BCUT2D eigenvalue weighted by atomic mass is 9.56. The summed E-state index contributed by atoms with van der Waals surface area (Å²) in [5, 5.41) is 19.2. The van der Waals surface area contributed by atoms with Gasteiger partial charge in [0.05, 0.1) is 11.1 Å². The van der Waals surface area contributed by atoms with Gasteiger partial charge in [-0.2, -0.15) is 0 Å². The molecule has 0 bridgehead atoms. The Hall–Kier alpha value is -2.56. The maximum absolute atomic E-state index is 11.8. The van der Waals surface area contributed by atoms with Gasteiger partial charge in [-0.05, 0) is 24.6 Å². The molecule has 1 atom stereocenters. The number of aliphatic carboxylic acids is 2. The molecule has 1 aromatic rings. The highest BCUT2D eigenvalue weighted by atomic mass is 16.4. The topological polar surface area (TPSA) is 77.8 Å². The van der Waals surface area contributed by atoms with Crippen molar-refractivity contribution in [3.8, 4) is 0 Å². The molecule has 1 unspecified atom stereocenters. The highest BCUT2D eigenvalue weighted by Gasteiger charge is 2.58. The van der Waals surface area contributed by atoms with E-state index in [-0.39, 0.29) is 11.1 Å². The molecule has 2 aliphatic rings. The lowest BCUT2D eigenvalue weighted by molar-refractivity contribution is -0.137. The zero-order valence-corrected chi connectivity index (χ0v) is 13.5. The summed E-state index contributed by atoms with van der Waals surface area (Å²) in [6.07, 6.45) is 1.51. The van der Waals surface area contributed by atoms with Gasteiger partial charge in [0.15, 0.2) is 0 Å². The monoisotopic (exact) mass is 313 g/mol. The van der Waals surface area contributed by atoms with E-state index in [1.807, 2.05) is 57.0 Å². The molecule has 0 amide bonds. The van der Waals surface area contributed by atoms with E-state index in [0.29, 0.717) is 0 Å². The number of rotatable bonds is 2. The molecule has 0 radical (unpaired) electrons. The molecular formula is C18H19NO4. The minimum Gasteiger partial charge on any atom is -0.478 e. The number of likely N-dealkylation sites (N-methyl/N-ethyl adjacent to an activating group) is 1. The molecule has 3 rings (SSSR count). The Morgan fingerprint density at radius 1 is 1.04 bits per heavy atom. The fourth-order valence-corrected chi connectivity index (χ4v) is 4.04. The lowest BCUT2D eigenvalue weighted by Gasteiger charge is -2.46. The second-order valence-electron chi connectivity index (χ2n) is 6.75. The molecule has 5 heteroatoms. The summed E-state index contributed by atoms with van der Waals surface area (Å²) in [5.41, 5.74) is 1.12. The number of para-hydroxylation sites is 1. The summed E-state index contributed by atoms with van der Waals surface area (Å²) < 4.78 is 0. The number of hydrogen-bond acceptors (Lipinski definition) is 3. The molecule has 5 nitrogen and oxygen atoms in total. The molecule has 0 spiro atoms. The first-order valence-electron chi connectivity index (χ1n) is 7.40. The zero-order valence-electron chi connectivity index (χ0n) is 13.5. The minimum atomic E-state index is -1.21. The third-order valence-electron chi connectivity index (χ3n) is 5.55. The summed E-state index contributed by atoms with van der Waals surface area (Å²) in [4.78, 5) is 25.4. The van der Waals surface area contributed by atoms with E-state index in [1.54, 1.807) is 0 Å². The SMILES string of the molecule is CN1C2=CC(C(=O)O)=C(C(=O)O)C(C)(C)C2(C)c2ccccc21. The van der Waals surface area contributed by atoms with E-state index in [9.17, 15) is 19.8 Å². The van der Waals surface area contributed by atoms with Gasteiger partial charge in [0.25, 0.3) is 0 Å². The van der Waals surface area contributed by atoms with Crippen molar-refractivity contribution in [1.82, 2.24) is 0 Å². The van der Waals surface area contributed by atoms with E-state index < -0.39 is 22.8 Å². The van der Waals surface area contributed by atoms with E-state index in [4.69, 9.17) is 0 Å². The van der Waals surface area contributed by atoms with Crippen LogP contribution in [0.3, 0.4) is 0 Å². The summed E-state index contributed by atoms with van der Waals surface area (Å²) in [7, 11) is 1.89. The maximum Gasteiger partial charge on any atom is 0.336 e. The molecule has 0 fully saturated rings. The Balaban J connectivity index is 2.40. The van der Waals surface area contributed by atoms with Crippen LogP contribution in [-0.2, 0) is 15.0 Å². The third kappa shape index (κ3) is 1.67. The Morgan fingerprint density at radius 2 is 1.65 bits per heavy atom. The number of nitrogens with zero attached hydrogens (tertiary/aromatic N) is 1. The van der Waals surface area contributed by atoms with Gasteiger partial charge in [0.1, 0.15) is 0 Å². The number of anilines is 1. The predicted molar refractivity (Wildman–Crippen MR) is 86.4 cm³/mol. The number of fused-ring (bicyclic) bond motifs is 3. The van der Waals surface area contributed by atoms with Crippen molar-refractivity contribution in [2.75, 3.05) is 11.9 Å². The second kappa shape index (κ2) is 4.47. The van der Waals surface area contributed by atoms with Crippen molar-refractivity contribution in [2.45, 2.75) is 26.2 Å². The molecular weight excluding hydrogens is 294 g/mol. The highest BCUT2D eigenvalue weighted by Crippen LogP contribution is 2.61. The number of carboxylic acids is 2. The number of allylic oxidation sites excluding steroid dienone is 1. The first-order valence-corrected chi connectivity index (χ1v) is 7.40. The quantitative estimate of drug-likeness (QED) is 0.878. The summed E-state index contributed by atoms with van der Waals surface area (Å²) in [6.45, 7) is 5.60. The Bertz CT molecular complexity index is 803. The van der Waals surface area contributed by atoms with Crippen molar-refractivity contribution in [2.24, 2.45) is 5.41 Å². The second-order valence-corrected chi connectivity index (χ2v) is 6.75. The maximum atomic E-state index is 11.8. The molecule has 1 heterocycles. The van der Waals surface area contributed by atoms with E-state index in [2.05, 4.69) is 0 Å². The Labute approximate surface area is 134 Å². The normalized spacial score (nSPS) is 24.9. The molecule has 0 aromatic heterocycles. The number of carbonyl (C=O) groups is 2. The van der Waals surface area contributed by atoms with Crippen molar-refractivity contribution in [3.05, 3.63) is 52.7 Å².